The average Bonchev–Trinajstić information content (AvgIpc) is 1.69. The molecule has 7 heavy (non-hydrogen) atoms. The van der Waals surface area contributed by atoms with Gasteiger partial charge in [0.25, 0.3) is 0 Å². The Bertz CT molecular complexity index is 117. The molecule has 0 saturated carbocycles. The van der Waals surface area contributed by atoms with Gasteiger partial charge in [-0.25, -0.2) is 0 Å². The summed E-state index contributed by atoms with van der Waals surface area (Å²) in [5, 5.41) is 0. The van der Waals surface area contributed by atoms with Crippen LogP contribution in [0.1, 0.15) is 0 Å². The number of rotatable bonds is 2. The van der Waals surface area contributed by atoms with E-state index >= 15 is 0 Å². The third kappa shape index (κ3) is 6.43. The predicted octanol–water partition coefficient (Wildman–Crippen LogP) is -0.686. The van der Waals surface area contributed by atoms with Crippen LogP contribution in [-0.4, -0.2) is 29.9 Å². The summed E-state index contributed by atoms with van der Waals surface area (Å²) in [5.74, 6) is 0. The second kappa shape index (κ2) is 6.43. The molecule has 0 fully saturated rings. The Hall–Kier alpha value is 0.430. The molecule has 0 aromatic carbocycles. The van der Waals surface area contributed by atoms with Crippen LogP contribution in [-0.2, 0) is 22.9 Å². The van der Waals surface area contributed by atoms with Gasteiger partial charge < -0.3 is 0 Å². The average molecular weight is 252 g/mol. The molecule has 7 heteroatoms. The number of hydrogen-bond acceptors (Lipinski definition) is 4. The zero-order chi connectivity index (χ0) is 5.54. The summed E-state index contributed by atoms with van der Waals surface area (Å²) in [4.78, 5) is 0. The molecule has 0 bridgehead atoms. The molecule has 0 amide bonds. The molecule has 0 rings (SSSR count). The SMILES string of the molecule is O=S=N[Te]N=S=O. The van der Waals surface area contributed by atoms with Gasteiger partial charge in [0.2, 0.25) is 0 Å². The van der Waals surface area contributed by atoms with E-state index in [1.54, 1.807) is 0 Å². The van der Waals surface area contributed by atoms with Crippen LogP contribution >= 0.6 is 0 Å². The van der Waals surface area contributed by atoms with Crippen molar-refractivity contribution in [2.45, 2.75) is 0 Å². The van der Waals surface area contributed by atoms with Gasteiger partial charge in [0, 0.05) is 0 Å². The first-order valence-corrected chi connectivity index (χ1v) is 4.54. The van der Waals surface area contributed by atoms with E-state index in [1.807, 2.05) is 0 Å². The molecule has 4 nitrogen and oxygen atoms in total. The quantitative estimate of drug-likeness (QED) is 0.611. The summed E-state index contributed by atoms with van der Waals surface area (Å²) in [6.45, 7) is 0. The minimum absolute atomic E-state index is 0.128. The molecular formula is N2O2S2Te. The van der Waals surface area contributed by atoms with Crippen molar-refractivity contribution in [3.8, 4) is 0 Å². The molecule has 0 aromatic rings. The van der Waals surface area contributed by atoms with Gasteiger partial charge in [0.15, 0.2) is 0 Å². The Morgan fingerprint density at radius 3 is 1.86 bits per heavy atom. The fraction of sp³-hybridized carbons (Fsp3) is 0. The van der Waals surface area contributed by atoms with Crippen LogP contribution in [0.15, 0.2) is 5.23 Å². The van der Waals surface area contributed by atoms with E-state index in [0.717, 1.165) is 0 Å². The molecule has 0 aliphatic heterocycles. The first-order chi connectivity index (χ1) is 3.41. The zero-order valence-corrected chi connectivity index (χ0v) is 6.90. The van der Waals surface area contributed by atoms with Crippen molar-refractivity contribution in [1.82, 2.24) is 0 Å². The molecular weight excluding hydrogens is 252 g/mol. The maximum atomic E-state index is 9.42. The fourth-order valence-electron chi connectivity index (χ4n) is 0.0408. The van der Waals surface area contributed by atoms with Gasteiger partial charge in [-0.2, -0.15) is 0 Å². The summed E-state index contributed by atoms with van der Waals surface area (Å²) < 4.78 is 25.4. The van der Waals surface area contributed by atoms with Crippen molar-refractivity contribution < 1.29 is 8.42 Å². The molecule has 0 N–H and O–H groups in total. The summed E-state index contributed by atoms with van der Waals surface area (Å²) in [7, 11) is 0. The minimum atomic E-state index is -0.972. The molecule has 0 aromatic heterocycles. The van der Waals surface area contributed by atoms with Gasteiger partial charge >= 0.3 is 58.0 Å². The first kappa shape index (κ1) is 7.43. The van der Waals surface area contributed by atoms with Crippen LogP contribution in [0.4, 0.5) is 0 Å². The Kier molecular flexibility index (Phi) is 6.82. The van der Waals surface area contributed by atoms with Crippen molar-refractivity contribution in [3.63, 3.8) is 0 Å². The molecule has 0 aliphatic rings. The summed E-state index contributed by atoms with van der Waals surface area (Å²) >= 11 is -0.715. The monoisotopic (exact) mass is 254 g/mol. The van der Waals surface area contributed by atoms with Gasteiger partial charge in [-0.1, -0.05) is 0 Å². The van der Waals surface area contributed by atoms with Gasteiger partial charge in [-0.3, -0.25) is 0 Å². The van der Waals surface area contributed by atoms with Crippen LogP contribution < -0.4 is 0 Å². The van der Waals surface area contributed by atoms with E-state index in [9.17, 15) is 8.42 Å². The van der Waals surface area contributed by atoms with E-state index in [0.29, 0.717) is 0 Å². The molecule has 0 spiro atoms. The van der Waals surface area contributed by atoms with Crippen LogP contribution in [0.25, 0.3) is 0 Å². The Balaban J connectivity index is 3.33. The predicted molar refractivity (Wildman–Crippen MR) is 26.9 cm³/mol. The molecule has 0 atom stereocenters. The summed E-state index contributed by atoms with van der Waals surface area (Å²) in [5.41, 5.74) is 0. The molecule has 0 saturated heterocycles. The number of nitrogens with zero attached hydrogens (tertiary/aromatic N) is 2. The standard InChI is InChI=1S/N2O2S2Te/c3-5-1-7-2-6-4. The van der Waals surface area contributed by atoms with Crippen LogP contribution in [0, 0.1) is 0 Å². The van der Waals surface area contributed by atoms with Gasteiger partial charge in [-0.05, 0) is 0 Å². The summed E-state index contributed by atoms with van der Waals surface area (Å²) in [6.07, 6.45) is 0. The topological polar surface area (TPSA) is 58.9 Å². The Morgan fingerprint density at radius 2 is 1.57 bits per heavy atom. The van der Waals surface area contributed by atoms with Gasteiger partial charge in [-0.15, -0.1) is 0 Å². The van der Waals surface area contributed by atoms with E-state index in [1.165, 1.54) is 0 Å². The number of hydrogen-bond donors (Lipinski definition) is 0. The molecule has 0 radical (unpaired) electrons. The van der Waals surface area contributed by atoms with Crippen molar-refractivity contribution in [2.75, 3.05) is 0 Å². The Morgan fingerprint density at radius 1 is 1.14 bits per heavy atom. The van der Waals surface area contributed by atoms with Crippen LogP contribution in [0.2, 0.25) is 0 Å². The molecule has 0 unspecified atom stereocenters. The third-order valence-corrected chi connectivity index (χ3v) is 2.57. The van der Waals surface area contributed by atoms with E-state index < -0.39 is 21.5 Å². The fourth-order valence-corrected chi connectivity index (χ4v) is 1.37. The van der Waals surface area contributed by atoms with Gasteiger partial charge in [0.1, 0.15) is 0 Å². The zero-order valence-electron chi connectivity index (χ0n) is 2.94. The van der Waals surface area contributed by atoms with Crippen molar-refractivity contribution in [3.05, 3.63) is 0 Å². The van der Waals surface area contributed by atoms with E-state index in [4.69, 9.17) is 0 Å². The van der Waals surface area contributed by atoms with Crippen LogP contribution in [0.5, 0.6) is 0 Å². The first-order valence-electron chi connectivity index (χ1n) is 1.06. The Labute approximate surface area is 58.0 Å². The van der Waals surface area contributed by atoms with Crippen molar-refractivity contribution in [1.29, 1.82) is 0 Å². The van der Waals surface area contributed by atoms with E-state index in [2.05, 4.69) is 5.23 Å². The second-order valence-corrected chi connectivity index (χ2v) is 3.99. The third-order valence-electron chi connectivity index (χ3n) is 0.128. The van der Waals surface area contributed by atoms with Crippen molar-refractivity contribution >= 4 is 44.4 Å². The second-order valence-electron chi connectivity index (χ2n) is 0.380. The van der Waals surface area contributed by atoms with Crippen LogP contribution in [0.3, 0.4) is 0 Å². The summed E-state index contributed by atoms with van der Waals surface area (Å²) in [6, 6.07) is 0. The van der Waals surface area contributed by atoms with Gasteiger partial charge in [0.05, 0.1) is 0 Å². The van der Waals surface area contributed by atoms with Crippen molar-refractivity contribution in [2.24, 2.45) is 5.23 Å². The molecule has 0 heterocycles. The normalized spacial score (nSPS) is 6.86. The maximum absolute atomic E-state index is 9.42. The molecule has 40 valence electrons. The molecule has 0 aliphatic carbocycles. The van der Waals surface area contributed by atoms with E-state index in [-0.39, 0.29) is 22.9 Å².